The lowest BCUT2D eigenvalue weighted by molar-refractivity contribution is -0.384. The van der Waals surface area contributed by atoms with E-state index in [4.69, 9.17) is 10.00 Å². The minimum Gasteiger partial charge on any atom is -0.494 e. The Morgan fingerprint density at radius 1 is 1.13 bits per heavy atom. The van der Waals surface area contributed by atoms with Crippen molar-refractivity contribution in [2.24, 2.45) is 0 Å². The molecule has 0 unspecified atom stereocenters. The average Bonchev–Trinajstić information content (AvgIpc) is 3.42. The molecular weight excluding hydrogens is 486 g/mol. The highest BCUT2D eigenvalue weighted by atomic mass is 16.6. The molecule has 38 heavy (non-hydrogen) atoms. The minimum absolute atomic E-state index is 0.0659. The Balaban J connectivity index is 1.61. The van der Waals surface area contributed by atoms with Crippen LogP contribution in [0.3, 0.4) is 0 Å². The first kappa shape index (κ1) is 26.1. The Morgan fingerprint density at radius 3 is 2.55 bits per heavy atom. The third kappa shape index (κ3) is 5.85. The van der Waals surface area contributed by atoms with E-state index in [1.807, 2.05) is 36.0 Å². The van der Waals surface area contributed by atoms with Crippen LogP contribution in [0.15, 0.2) is 54.9 Å². The molecule has 12 nitrogen and oxygen atoms in total. The molecule has 4 rings (SSSR count). The number of nitro benzene ring substituents is 1. The summed E-state index contributed by atoms with van der Waals surface area (Å²) in [6.45, 7) is 1.33. The second-order valence-electron chi connectivity index (χ2n) is 8.75. The third-order valence-corrected chi connectivity index (χ3v) is 5.83. The number of anilines is 3. The summed E-state index contributed by atoms with van der Waals surface area (Å²) in [7, 11) is 7.20. The number of nitrogens with one attached hydrogen (secondary N) is 2. The maximum absolute atomic E-state index is 11.9. The summed E-state index contributed by atoms with van der Waals surface area (Å²) in [5, 5.41) is 24.0. The standard InChI is InChI=1S/C26H27N9O3/c1-33(2)11-12-34(3)22-14-24(38-4)20(13-23(22)35(36)37)32-26-28-10-9-19(31-26)25-29-16-21(30-25)18-7-5-17(15-27)6-8-18/h5-10,13-14,16H,11-12H2,1-4H3,(H,29,30)(H,28,31,32). The predicted octanol–water partition coefficient (Wildman–Crippen LogP) is 4.06. The molecule has 12 heteroatoms. The smallest absolute Gasteiger partial charge is 0.294 e. The van der Waals surface area contributed by atoms with Crippen molar-refractivity contribution in [3.63, 3.8) is 0 Å². The number of ether oxygens (including phenoxy) is 1. The average molecular weight is 514 g/mol. The number of hydrogen-bond acceptors (Lipinski definition) is 10. The molecule has 0 aliphatic rings. The SMILES string of the molecule is COc1cc(N(C)CCN(C)C)c([N+](=O)[O-])cc1Nc1nccc(-c2ncc(-c3ccc(C#N)cc3)[nH]2)n1. The maximum atomic E-state index is 11.9. The number of H-pyrrole nitrogens is 1. The second-order valence-corrected chi connectivity index (χ2v) is 8.75. The van der Waals surface area contributed by atoms with Crippen molar-refractivity contribution in [1.29, 1.82) is 5.26 Å². The van der Waals surface area contributed by atoms with Gasteiger partial charge in [-0.1, -0.05) is 12.1 Å². The normalized spacial score (nSPS) is 10.7. The van der Waals surface area contributed by atoms with Crippen molar-refractivity contribution in [3.05, 3.63) is 70.5 Å². The van der Waals surface area contributed by atoms with Crippen LogP contribution in [0.2, 0.25) is 0 Å². The van der Waals surface area contributed by atoms with Gasteiger partial charge in [-0.2, -0.15) is 5.26 Å². The molecule has 0 fully saturated rings. The van der Waals surface area contributed by atoms with Gasteiger partial charge in [0, 0.05) is 38.5 Å². The first-order valence-corrected chi connectivity index (χ1v) is 11.7. The number of hydrogen-bond donors (Lipinski definition) is 2. The summed E-state index contributed by atoms with van der Waals surface area (Å²) in [6, 6.07) is 14.0. The summed E-state index contributed by atoms with van der Waals surface area (Å²) in [5.74, 6) is 1.16. The van der Waals surface area contributed by atoms with Crippen molar-refractivity contribution in [1.82, 2.24) is 24.8 Å². The molecule has 2 heterocycles. The first-order valence-electron chi connectivity index (χ1n) is 11.7. The fraction of sp³-hybridized carbons (Fsp3) is 0.231. The van der Waals surface area contributed by atoms with Gasteiger partial charge in [-0.05, 0) is 37.9 Å². The number of methoxy groups -OCH3 is 1. The summed E-state index contributed by atoms with van der Waals surface area (Å²) in [5.41, 5.74) is 3.48. The topological polar surface area (TPSA) is 149 Å². The molecule has 0 aliphatic heterocycles. The van der Waals surface area contributed by atoms with E-state index in [1.54, 1.807) is 43.7 Å². The Hall–Kier alpha value is -5.02. The van der Waals surface area contributed by atoms with E-state index in [2.05, 4.69) is 31.3 Å². The van der Waals surface area contributed by atoms with Crippen LogP contribution in [0.4, 0.5) is 23.0 Å². The van der Waals surface area contributed by atoms with Crippen LogP contribution < -0.4 is 15.0 Å². The summed E-state index contributed by atoms with van der Waals surface area (Å²) >= 11 is 0. The molecule has 0 atom stereocenters. The lowest BCUT2D eigenvalue weighted by Crippen LogP contribution is -2.28. The van der Waals surface area contributed by atoms with Crippen LogP contribution >= 0.6 is 0 Å². The maximum Gasteiger partial charge on any atom is 0.294 e. The van der Waals surface area contributed by atoms with Gasteiger partial charge in [0.15, 0.2) is 5.82 Å². The largest absolute Gasteiger partial charge is 0.494 e. The lowest BCUT2D eigenvalue weighted by Gasteiger charge is -2.22. The monoisotopic (exact) mass is 513 g/mol. The van der Waals surface area contributed by atoms with Gasteiger partial charge in [0.05, 0.1) is 41.2 Å². The highest BCUT2D eigenvalue weighted by molar-refractivity contribution is 5.77. The van der Waals surface area contributed by atoms with Gasteiger partial charge in [0.1, 0.15) is 17.1 Å². The predicted molar refractivity (Wildman–Crippen MR) is 145 cm³/mol. The number of rotatable bonds is 10. The Labute approximate surface area is 219 Å². The van der Waals surface area contributed by atoms with E-state index < -0.39 is 4.92 Å². The number of imidazole rings is 1. The van der Waals surface area contributed by atoms with Gasteiger partial charge in [-0.25, -0.2) is 15.0 Å². The third-order valence-electron chi connectivity index (χ3n) is 5.83. The number of aromatic nitrogens is 4. The molecule has 194 valence electrons. The van der Waals surface area contributed by atoms with Crippen molar-refractivity contribution < 1.29 is 9.66 Å². The van der Waals surface area contributed by atoms with Gasteiger partial charge in [-0.3, -0.25) is 10.1 Å². The second kappa shape index (κ2) is 11.4. The molecule has 2 aromatic heterocycles. The Morgan fingerprint density at radius 2 is 1.89 bits per heavy atom. The molecule has 4 aromatic rings. The van der Waals surface area contributed by atoms with Gasteiger partial charge in [-0.15, -0.1) is 0 Å². The fourth-order valence-electron chi connectivity index (χ4n) is 3.74. The van der Waals surface area contributed by atoms with E-state index in [0.717, 1.165) is 17.8 Å². The Bertz CT molecular complexity index is 1480. The van der Waals surface area contributed by atoms with Gasteiger partial charge < -0.3 is 24.8 Å². The molecule has 0 spiro atoms. The molecule has 2 N–H and O–H groups in total. The van der Waals surface area contributed by atoms with Crippen LogP contribution in [0.5, 0.6) is 5.75 Å². The molecule has 0 aliphatic carbocycles. The molecule has 0 radical (unpaired) electrons. The zero-order valence-corrected chi connectivity index (χ0v) is 21.5. The Kier molecular flexibility index (Phi) is 7.79. The molecule has 0 amide bonds. The highest BCUT2D eigenvalue weighted by Gasteiger charge is 2.22. The van der Waals surface area contributed by atoms with E-state index >= 15 is 0 Å². The zero-order chi connectivity index (χ0) is 27.2. The van der Waals surface area contributed by atoms with Crippen molar-refractivity contribution in [2.45, 2.75) is 0 Å². The summed E-state index contributed by atoms with van der Waals surface area (Å²) in [4.78, 5) is 31.8. The highest BCUT2D eigenvalue weighted by Crippen LogP contribution is 2.39. The van der Waals surface area contributed by atoms with E-state index in [0.29, 0.717) is 40.8 Å². The molecule has 2 aromatic carbocycles. The van der Waals surface area contributed by atoms with Crippen LogP contribution in [0.25, 0.3) is 22.8 Å². The van der Waals surface area contributed by atoms with E-state index in [9.17, 15) is 10.1 Å². The lowest BCUT2D eigenvalue weighted by atomic mass is 10.1. The summed E-state index contributed by atoms with van der Waals surface area (Å²) in [6.07, 6.45) is 3.25. The van der Waals surface area contributed by atoms with Crippen LogP contribution in [0.1, 0.15) is 5.56 Å². The van der Waals surface area contributed by atoms with Crippen molar-refractivity contribution in [3.8, 4) is 34.6 Å². The van der Waals surface area contributed by atoms with Crippen molar-refractivity contribution >= 4 is 23.0 Å². The molecule has 0 saturated carbocycles. The number of likely N-dealkylation sites (N-methyl/N-ethyl adjacent to an activating group) is 2. The van der Waals surface area contributed by atoms with Gasteiger partial charge in [0.25, 0.3) is 5.69 Å². The number of benzene rings is 2. The van der Waals surface area contributed by atoms with Crippen LogP contribution in [-0.2, 0) is 0 Å². The molecule has 0 bridgehead atoms. The number of nitro groups is 1. The number of nitrogens with zero attached hydrogens (tertiary/aromatic N) is 7. The van der Waals surface area contributed by atoms with Crippen molar-refractivity contribution in [2.75, 3.05) is 51.6 Å². The molecule has 0 saturated heterocycles. The molecular formula is C26H27N9O3. The fourth-order valence-corrected chi connectivity index (χ4v) is 3.74. The van der Waals surface area contributed by atoms with Crippen LogP contribution in [-0.4, -0.2) is 71.1 Å². The first-order chi connectivity index (χ1) is 18.3. The summed E-state index contributed by atoms with van der Waals surface area (Å²) < 4.78 is 5.54. The van der Waals surface area contributed by atoms with Gasteiger partial charge >= 0.3 is 0 Å². The van der Waals surface area contributed by atoms with Crippen LogP contribution in [0, 0.1) is 21.4 Å². The zero-order valence-electron chi connectivity index (χ0n) is 21.5. The number of aromatic amines is 1. The quantitative estimate of drug-likeness (QED) is 0.235. The van der Waals surface area contributed by atoms with Gasteiger partial charge in [0.2, 0.25) is 5.95 Å². The number of nitriles is 1. The van der Waals surface area contributed by atoms with E-state index in [-0.39, 0.29) is 11.6 Å². The van der Waals surface area contributed by atoms with E-state index in [1.165, 1.54) is 13.2 Å². The minimum atomic E-state index is -0.420.